The van der Waals surface area contributed by atoms with Crippen molar-refractivity contribution in [3.63, 3.8) is 0 Å². The van der Waals surface area contributed by atoms with Gasteiger partial charge in [-0.1, -0.05) is 5.16 Å². The van der Waals surface area contributed by atoms with E-state index >= 15 is 0 Å². The molecule has 0 aliphatic carbocycles. The predicted octanol–water partition coefficient (Wildman–Crippen LogP) is -3.30. The molecule has 0 fully saturated rings. The first kappa shape index (κ1) is 15.6. The summed E-state index contributed by atoms with van der Waals surface area (Å²) in [5.41, 5.74) is 0. The second-order valence-corrected chi connectivity index (χ2v) is 3.56. The number of hydrogen-bond acceptors (Lipinski definition) is 5. The van der Waals surface area contributed by atoms with Crippen molar-refractivity contribution in [2.75, 3.05) is 6.54 Å². The summed E-state index contributed by atoms with van der Waals surface area (Å²) in [4.78, 5) is 21.3. The Morgan fingerprint density at radius 1 is 1.56 bits per heavy atom. The molecule has 0 spiro atoms. The van der Waals surface area contributed by atoms with E-state index in [1.54, 1.807) is 0 Å². The Morgan fingerprint density at radius 3 is 2.75 bits per heavy atom. The first-order valence-corrected chi connectivity index (χ1v) is 4.99. The number of rotatable bonds is 5. The van der Waals surface area contributed by atoms with Crippen molar-refractivity contribution in [1.29, 1.82) is 0 Å². The van der Waals surface area contributed by atoms with Crippen LogP contribution in [0.5, 0.6) is 0 Å². The third-order valence-electron chi connectivity index (χ3n) is 1.55. The van der Waals surface area contributed by atoms with E-state index in [9.17, 15) is 14.7 Å². The van der Waals surface area contributed by atoms with E-state index in [1.807, 2.05) is 0 Å². The molecule has 0 bridgehead atoms. The van der Waals surface area contributed by atoms with Gasteiger partial charge in [0, 0.05) is 18.6 Å². The normalized spacial score (nSPS) is 9.31. The SMILES string of the molecule is O=C([O-])CCCNC(=O)c1cc(Br)no1.[Na+]. The van der Waals surface area contributed by atoms with Crippen LogP contribution in [0.3, 0.4) is 0 Å². The van der Waals surface area contributed by atoms with Crippen molar-refractivity contribution in [2.45, 2.75) is 12.8 Å². The van der Waals surface area contributed by atoms with Gasteiger partial charge in [-0.15, -0.1) is 0 Å². The van der Waals surface area contributed by atoms with Crippen LogP contribution in [0.2, 0.25) is 0 Å². The Labute approximate surface area is 122 Å². The molecule has 1 amide bonds. The van der Waals surface area contributed by atoms with Crippen molar-refractivity contribution in [3.8, 4) is 0 Å². The largest absolute Gasteiger partial charge is 1.00 e. The topological polar surface area (TPSA) is 95.3 Å². The average Bonchev–Trinajstić information content (AvgIpc) is 2.59. The van der Waals surface area contributed by atoms with Crippen LogP contribution in [0.25, 0.3) is 0 Å². The van der Waals surface area contributed by atoms with E-state index in [2.05, 4.69) is 30.9 Å². The van der Waals surface area contributed by atoms with Crippen LogP contribution in [0, 0.1) is 0 Å². The number of amides is 1. The first-order valence-electron chi connectivity index (χ1n) is 4.20. The molecule has 0 saturated carbocycles. The summed E-state index contributed by atoms with van der Waals surface area (Å²) in [7, 11) is 0. The minimum atomic E-state index is -1.13. The Bertz CT molecular complexity index is 369. The molecule has 1 rings (SSSR count). The molecule has 1 aromatic rings. The van der Waals surface area contributed by atoms with Crippen molar-refractivity contribution < 1.29 is 48.8 Å². The van der Waals surface area contributed by atoms with Gasteiger partial charge in [-0.25, -0.2) is 0 Å². The molecule has 0 saturated heterocycles. The number of halogens is 1. The molecule has 0 aliphatic rings. The predicted molar refractivity (Wildman–Crippen MR) is 50.8 cm³/mol. The molecule has 8 heteroatoms. The van der Waals surface area contributed by atoms with Crippen LogP contribution >= 0.6 is 15.9 Å². The zero-order chi connectivity index (χ0) is 11.3. The van der Waals surface area contributed by atoms with Gasteiger partial charge in [-0.05, 0) is 28.8 Å². The Kier molecular flexibility index (Phi) is 7.65. The first-order chi connectivity index (χ1) is 7.09. The molecule has 82 valence electrons. The van der Waals surface area contributed by atoms with Crippen LogP contribution in [0.15, 0.2) is 15.2 Å². The molecule has 0 aromatic carbocycles. The van der Waals surface area contributed by atoms with E-state index in [0.29, 0.717) is 11.0 Å². The molecule has 0 radical (unpaired) electrons. The minimum absolute atomic E-state index is 0. The number of aromatic nitrogens is 1. The maximum atomic E-state index is 11.3. The van der Waals surface area contributed by atoms with Crippen LogP contribution in [-0.4, -0.2) is 23.6 Å². The van der Waals surface area contributed by atoms with Crippen molar-refractivity contribution in [2.24, 2.45) is 0 Å². The van der Waals surface area contributed by atoms with E-state index in [-0.39, 0.29) is 48.3 Å². The van der Waals surface area contributed by atoms with Gasteiger partial charge in [0.2, 0.25) is 5.76 Å². The second-order valence-electron chi connectivity index (χ2n) is 2.75. The number of hydrogen-bond donors (Lipinski definition) is 1. The van der Waals surface area contributed by atoms with E-state index in [1.165, 1.54) is 6.07 Å². The van der Waals surface area contributed by atoms with Crippen molar-refractivity contribution >= 4 is 27.8 Å². The molecule has 0 aliphatic heterocycles. The van der Waals surface area contributed by atoms with Crippen LogP contribution in [-0.2, 0) is 4.79 Å². The van der Waals surface area contributed by atoms with Crippen LogP contribution in [0.4, 0.5) is 0 Å². The maximum Gasteiger partial charge on any atom is 1.00 e. The molecule has 0 atom stereocenters. The molecule has 1 aromatic heterocycles. The molecule has 0 unspecified atom stereocenters. The zero-order valence-electron chi connectivity index (χ0n) is 8.66. The smallest absolute Gasteiger partial charge is 0.550 e. The van der Waals surface area contributed by atoms with Gasteiger partial charge in [0.05, 0.1) is 0 Å². The van der Waals surface area contributed by atoms with Gasteiger partial charge in [0.15, 0.2) is 0 Å². The van der Waals surface area contributed by atoms with Crippen molar-refractivity contribution in [1.82, 2.24) is 10.5 Å². The molecular weight excluding hydrogens is 291 g/mol. The van der Waals surface area contributed by atoms with Gasteiger partial charge in [0.25, 0.3) is 5.91 Å². The van der Waals surface area contributed by atoms with Gasteiger partial charge in [0.1, 0.15) is 4.60 Å². The summed E-state index contributed by atoms with van der Waals surface area (Å²) in [6, 6.07) is 1.42. The third kappa shape index (κ3) is 5.64. The zero-order valence-corrected chi connectivity index (χ0v) is 12.2. The van der Waals surface area contributed by atoms with Crippen molar-refractivity contribution in [3.05, 3.63) is 16.4 Å². The fourth-order valence-corrected chi connectivity index (χ4v) is 1.16. The Balaban J connectivity index is 0.00000225. The minimum Gasteiger partial charge on any atom is -0.550 e. The summed E-state index contributed by atoms with van der Waals surface area (Å²) in [6.45, 7) is 0.255. The molecule has 6 nitrogen and oxygen atoms in total. The standard InChI is InChI=1S/C8H9BrN2O4.Na/c9-6-4-5(15-11-6)8(14)10-3-1-2-7(12)13;/h4H,1-3H2,(H,10,14)(H,12,13);/q;+1/p-1. The maximum absolute atomic E-state index is 11.3. The number of carboxylic acids is 1. The molecule has 16 heavy (non-hydrogen) atoms. The average molecular weight is 299 g/mol. The molecule has 1 N–H and O–H groups in total. The molecular formula is C8H8BrN2NaO4. The van der Waals surface area contributed by atoms with Gasteiger partial charge in [-0.3, -0.25) is 4.79 Å². The summed E-state index contributed by atoms with van der Waals surface area (Å²) >= 11 is 3.03. The van der Waals surface area contributed by atoms with E-state index in [0.717, 1.165) is 0 Å². The number of carbonyl (C=O) groups is 2. The number of carboxylic acid groups (broad SMARTS) is 1. The number of aliphatic carboxylic acids is 1. The van der Waals surface area contributed by atoms with E-state index < -0.39 is 11.9 Å². The number of nitrogens with zero attached hydrogens (tertiary/aromatic N) is 1. The summed E-state index contributed by atoms with van der Waals surface area (Å²) in [5.74, 6) is -1.48. The Hall–Kier alpha value is -0.370. The van der Waals surface area contributed by atoms with Gasteiger partial charge < -0.3 is 19.7 Å². The summed E-state index contributed by atoms with van der Waals surface area (Å²) < 4.78 is 5.10. The molecule has 1 heterocycles. The Morgan fingerprint density at radius 2 is 2.25 bits per heavy atom. The number of carbonyl (C=O) groups excluding carboxylic acids is 2. The quantitative estimate of drug-likeness (QED) is 0.454. The third-order valence-corrected chi connectivity index (χ3v) is 1.92. The second kappa shape index (κ2) is 7.83. The fourth-order valence-electron chi connectivity index (χ4n) is 0.882. The fraction of sp³-hybridized carbons (Fsp3) is 0.375. The van der Waals surface area contributed by atoms with Gasteiger partial charge >= 0.3 is 29.6 Å². The summed E-state index contributed by atoms with van der Waals surface area (Å²) in [6.07, 6.45) is 0.240. The van der Waals surface area contributed by atoms with Crippen LogP contribution < -0.4 is 40.0 Å². The van der Waals surface area contributed by atoms with E-state index in [4.69, 9.17) is 0 Å². The summed E-state index contributed by atoms with van der Waals surface area (Å²) in [5, 5.41) is 16.0. The van der Waals surface area contributed by atoms with Crippen LogP contribution in [0.1, 0.15) is 23.4 Å². The monoisotopic (exact) mass is 298 g/mol. The number of nitrogens with one attached hydrogen (secondary N) is 1. The van der Waals surface area contributed by atoms with Gasteiger partial charge in [-0.2, -0.15) is 0 Å².